The van der Waals surface area contributed by atoms with Crippen LogP contribution in [0.5, 0.6) is 0 Å². The number of imidazole rings is 1. The number of aromatic nitrogens is 4. The first-order chi connectivity index (χ1) is 14.5. The van der Waals surface area contributed by atoms with Gasteiger partial charge in [0.05, 0.1) is 23.8 Å². The average Bonchev–Trinajstić information content (AvgIpc) is 3.08. The molecule has 3 heterocycles. The maximum absolute atomic E-state index is 12.1. The molecule has 0 aliphatic rings. The Hall–Kier alpha value is -3.92. The van der Waals surface area contributed by atoms with Crippen LogP contribution in [0.15, 0.2) is 47.5 Å². The van der Waals surface area contributed by atoms with E-state index in [1.807, 2.05) is 25.1 Å². The molecule has 4 aromatic rings. The lowest BCUT2D eigenvalue weighted by atomic mass is 10.1. The molecule has 0 saturated carbocycles. The van der Waals surface area contributed by atoms with Gasteiger partial charge < -0.3 is 14.9 Å². The molecule has 1 amide bonds. The molecule has 0 unspecified atom stereocenters. The third-order valence-corrected chi connectivity index (χ3v) is 4.84. The molecule has 150 valence electrons. The number of carbonyl (C=O) groups is 1. The number of fused-ring (bicyclic) bond motifs is 3. The van der Waals surface area contributed by atoms with Crippen molar-refractivity contribution in [1.29, 1.82) is 0 Å². The van der Waals surface area contributed by atoms with Crippen molar-refractivity contribution in [2.24, 2.45) is 0 Å². The minimum absolute atomic E-state index is 0.0655. The van der Waals surface area contributed by atoms with Crippen LogP contribution in [0, 0.1) is 18.8 Å². The number of amides is 1. The molecule has 3 aromatic heterocycles. The quantitative estimate of drug-likeness (QED) is 0.518. The molecule has 30 heavy (non-hydrogen) atoms. The largest absolute Gasteiger partial charge is 0.341 e. The Balaban J connectivity index is 1.62. The van der Waals surface area contributed by atoms with Gasteiger partial charge >= 0.3 is 0 Å². The van der Waals surface area contributed by atoms with Crippen LogP contribution in [0.4, 0.5) is 0 Å². The number of aryl methyl sites for hydroxylation is 1. The van der Waals surface area contributed by atoms with Crippen LogP contribution in [-0.4, -0.2) is 32.0 Å². The van der Waals surface area contributed by atoms with Crippen molar-refractivity contribution in [3.63, 3.8) is 0 Å². The molecule has 0 aliphatic heterocycles. The van der Waals surface area contributed by atoms with Gasteiger partial charge in [-0.25, -0.2) is 4.98 Å². The zero-order chi connectivity index (χ0) is 21.3. The standard InChI is InChI=1S/C23H21N5O2/c1-14(2)28-15(3)27-20-13-26-19-9-8-16(12-18(19)21(20)28)6-4-10-24-22(29)17-7-5-11-25-23(17)30/h5,7-9,11-14H,10H2,1-3H3,(H,24,29)(H,25,30). The molecule has 0 bridgehead atoms. The molecule has 0 fully saturated rings. The third kappa shape index (κ3) is 3.55. The first-order valence-corrected chi connectivity index (χ1v) is 9.68. The van der Waals surface area contributed by atoms with Crippen LogP contribution < -0.4 is 10.9 Å². The minimum atomic E-state index is -0.452. The highest BCUT2D eigenvalue weighted by Gasteiger charge is 2.14. The summed E-state index contributed by atoms with van der Waals surface area (Å²) in [5, 5.41) is 3.64. The fourth-order valence-electron chi connectivity index (χ4n) is 3.57. The fourth-order valence-corrected chi connectivity index (χ4v) is 3.57. The first kappa shape index (κ1) is 19.4. The highest BCUT2D eigenvalue weighted by Crippen LogP contribution is 2.28. The summed E-state index contributed by atoms with van der Waals surface area (Å²) >= 11 is 0. The lowest BCUT2D eigenvalue weighted by Gasteiger charge is -2.12. The summed E-state index contributed by atoms with van der Waals surface area (Å²) in [6.45, 7) is 6.39. The van der Waals surface area contributed by atoms with E-state index in [-0.39, 0.29) is 18.2 Å². The molecule has 0 atom stereocenters. The van der Waals surface area contributed by atoms with Crippen molar-refractivity contribution >= 4 is 27.8 Å². The summed E-state index contributed by atoms with van der Waals surface area (Å²) < 4.78 is 2.20. The predicted octanol–water partition coefficient (Wildman–Crippen LogP) is 2.94. The van der Waals surface area contributed by atoms with Crippen molar-refractivity contribution in [2.45, 2.75) is 26.8 Å². The van der Waals surface area contributed by atoms with Gasteiger partial charge in [0, 0.05) is 23.2 Å². The molecule has 4 rings (SSSR count). The fraction of sp³-hybridized carbons (Fsp3) is 0.217. The van der Waals surface area contributed by atoms with Crippen molar-refractivity contribution in [1.82, 2.24) is 24.8 Å². The average molecular weight is 399 g/mol. The Bertz CT molecular complexity index is 1390. The Kier molecular flexibility index (Phi) is 5.07. The number of hydrogen-bond acceptors (Lipinski definition) is 4. The van der Waals surface area contributed by atoms with E-state index in [0.717, 1.165) is 33.3 Å². The zero-order valence-electron chi connectivity index (χ0n) is 17.0. The summed E-state index contributed by atoms with van der Waals surface area (Å²) in [6, 6.07) is 9.20. The van der Waals surface area contributed by atoms with Crippen molar-refractivity contribution < 1.29 is 4.79 Å². The second-order valence-electron chi connectivity index (χ2n) is 7.24. The van der Waals surface area contributed by atoms with Gasteiger partial charge in [-0.1, -0.05) is 11.8 Å². The van der Waals surface area contributed by atoms with Gasteiger partial charge in [0.15, 0.2) is 0 Å². The molecular formula is C23H21N5O2. The van der Waals surface area contributed by atoms with Crippen molar-refractivity contribution in [3.05, 3.63) is 70.0 Å². The summed E-state index contributed by atoms with van der Waals surface area (Å²) in [4.78, 5) is 35.4. The van der Waals surface area contributed by atoms with Gasteiger partial charge in [0.2, 0.25) is 0 Å². The predicted molar refractivity (Wildman–Crippen MR) is 116 cm³/mol. The van der Waals surface area contributed by atoms with Crippen LogP contribution in [0.25, 0.3) is 21.9 Å². The summed E-state index contributed by atoms with van der Waals surface area (Å²) in [6.07, 6.45) is 3.28. The maximum Gasteiger partial charge on any atom is 0.260 e. The van der Waals surface area contributed by atoms with Crippen LogP contribution in [0.1, 0.15) is 41.6 Å². The zero-order valence-corrected chi connectivity index (χ0v) is 17.0. The minimum Gasteiger partial charge on any atom is -0.341 e. The molecule has 0 radical (unpaired) electrons. The van der Waals surface area contributed by atoms with Crippen LogP contribution in [-0.2, 0) is 0 Å². The van der Waals surface area contributed by atoms with Crippen LogP contribution >= 0.6 is 0 Å². The molecule has 1 aromatic carbocycles. The van der Waals surface area contributed by atoms with E-state index in [1.165, 1.54) is 12.3 Å². The van der Waals surface area contributed by atoms with E-state index in [0.29, 0.717) is 0 Å². The van der Waals surface area contributed by atoms with Gasteiger partial charge in [-0.3, -0.25) is 14.6 Å². The Labute approximate surface area is 173 Å². The third-order valence-electron chi connectivity index (χ3n) is 4.84. The number of hydrogen-bond donors (Lipinski definition) is 2. The number of benzene rings is 1. The second kappa shape index (κ2) is 7.84. The molecule has 7 nitrogen and oxygen atoms in total. The number of aromatic amines is 1. The number of nitrogens with zero attached hydrogens (tertiary/aromatic N) is 3. The van der Waals surface area contributed by atoms with Crippen molar-refractivity contribution in [2.75, 3.05) is 6.54 Å². The van der Waals surface area contributed by atoms with Gasteiger partial charge in [0.25, 0.3) is 11.5 Å². The Morgan fingerprint density at radius 2 is 2.10 bits per heavy atom. The van der Waals surface area contributed by atoms with E-state index in [9.17, 15) is 9.59 Å². The second-order valence-corrected chi connectivity index (χ2v) is 7.24. The number of pyridine rings is 2. The van der Waals surface area contributed by atoms with Gasteiger partial charge in [0.1, 0.15) is 16.9 Å². The highest BCUT2D eigenvalue weighted by molar-refractivity contribution is 6.03. The van der Waals surface area contributed by atoms with Gasteiger partial charge in [-0.05, 0) is 51.1 Å². The van der Waals surface area contributed by atoms with Gasteiger partial charge in [-0.2, -0.15) is 0 Å². The normalized spacial score (nSPS) is 10.9. The number of rotatable bonds is 3. The maximum atomic E-state index is 12.1. The van der Waals surface area contributed by atoms with E-state index < -0.39 is 11.5 Å². The number of H-pyrrole nitrogens is 1. The van der Waals surface area contributed by atoms with E-state index in [1.54, 1.807) is 12.3 Å². The van der Waals surface area contributed by atoms with Crippen molar-refractivity contribution in [3.8, 4) is 11.8 Å². The molecule has 2 N–H and O–H groups in total. The number of carbonyl (C=O) groups excluding carboxylic acids is 1. The van der Waals surface area contributed by atoms with E-state index in [4.69, 9.17) is 0 Å². The smallest absolute Gasteiger partial charge is 0.260 e. The summed E-state index contributed by atoms with van der Waals surface area (Å²) in [5.41, 5.74) is 3.25. The van der Waals surface area contributed by atoms with E-state index in [2.05, 4.69) is 50.5 Å². The lowest BCUT2D eigenvalue weighted by Crippen LogP contribution is -2.29. The van der Waals surface area contributed by atoms with Crippen LogP contribution in [0.2, 0.25) is 0 Å². The molecule has 0 saturated heterocycles. The monoisotopic (exact) mass is 399 g/mol. The molecule has 0 spiro atoms. The topological polar surface area (TPSA) is 92.7 Å². The van der Waals surface area contributed by atoms with Gasteiger partial charge in [-0.15, -0.1) is 0 Å². The lowest BCUT2D eigenvalue weighted by molar-refractivity contribution is 0.0957. The Morgan fingerprint density at radius 1 is 1.27 bits per heavy atom. The first-order valence-electron chi connectivity index (χ1n) is 9.68. The number of nitrogens with one attached hydrogen (secondary N) is 2. The summed E-state index contributed by atoms with van der Waals surface area (Å²) in [5.74, 6) is 6.51. The summed E-state index contributed by atoms with van der Waals surface area (Å²) in [7, 11) is 0. The SMILES string of the molecule is Cc1nc2cnc3ccc(C#CCNC(=O)c4ccc[nH]c4=O)cc3c2n1C(C)C. The highest BCUT2D eigenvalue weighted by atomic mass is 16.2. The van der Waals surface area contributed by atoms with E-state index >= 15 is 0 Å². The van der Waals surface area contributed by atoms with Crippen LogP contribution in [0.3, 0.4) is 0 Å². The Morgan fingerprint density at radius 3 is 2.87 bits per heavy atom. The molecular weight excluding hydrogens is 378 g/mol. The molecule has 0 aliphatic carbocycles. The molecule has 7 heteroatoms.